The minimum absolute atomic E-state index is 0.281. The van der Waals surface area contributed by atoms with Crippen molar-refractivity contribution in [1.82, 2.24) is 5.32 Å². The van der Waals surface area contributed by atoms with Crippen LogP contribution in [0.1, 0.15) is 6.92 Å². The Kier molecular flexibility index (Phi) is 3.61. The quantitative estimate of drug-likeness (QED) is 0.710. The zero-order valence-electron chi connectivity index (χ0n) is 7.23. The van der Waals surface area contributed by atoms with Gasteiger partial charge in [0.05, 0.1) is 0 Å². The molecule has 2 N–H and O–H groups in total. The zero-order valence-corrected chi connectivity index (χ0v) is 7.23. The highest BCUT2D eigenvalue weighted by Crippen LogP contribution is 2.20. The highest BCUT2D eigenvalue weighted by molar-refractivity contribution is 5.89. The lowest BCUT2D eigenvalue weighted by Crippen LogP contribution is -2.60. The largest absolute Gasteiger partial charge is 0.479 e. The number of hydrogen-bond acceptors (Lipinski definition) is 2. The number of carbonyl (C=O) groups is 2. The molecule has 1 unspecified atom stereocenters. The lowest BCUT2D eigenvalue weighted by Gasteiger charge is -2.25. The first-order valence-corrected chi connectivity index (χ1v) is 3.42. The molecule has 0 saturated heterocycles. The number of nitrogens with one attached hydrogen (secondary N) is 1. The molecule has 0 saturated carbocycles. The van der Waals surface area contributed by atoms with Gasteiger partial charge in [-0.2, -0.15) is 13.2 Å². The van der Waals surface area contributed by atoms with Gasteiger partial charge in [0.2, 0.25) is 0 Å². The van der Waals surface area contributed by atoms with Gasteiger partial charge in [0.1, 0.15) is 0 Å². The minimum Gasteiger partial charge on any atom is -0.479 e. The summed E-state index contributed by atoms with van der Waals surface area (Å²) in [5, 5.41) is 8.97. The van der Waals surface area contributed by atoms with Gasteiger partial charge in [-0.05, 0) is 6.92 Å². The summed E-state index contributed by atoms with van der Waals surface area (Å²) in [6.45, 7) is 0.281. The number of carbonyl (C=O) groups excluding carboxylic acids is 1. The van der Waals surface area contributed by atoms with Gasteiger partial charge in [-0.1, -0.05) is 0 Å². The van der Waals surface area contributed by atoms with E-state index in [1.807, 2.05) is 0 Å². The molecule has 1 atom stereocenters. The normalized spacial score (nSPS) is 15.9. The molecule has 0 aromatic carbocycles. The average molecular weight is 235 g/mol. The average Bonchev–Trinajstić information content (AvgIpc) is 2.01. The van der Waals surface area contributed by atoms with Crippen LogP contribution in [0.3, 0.4) is 0 Å². The van der Waals surface area contributed by atoms with Crippen molar-refractivity contribution in [1.29, 1.82) is 0 Å². The Bertz CT molecular complexity index is 276. The van der Waals surface area contributed by atoms with Crippen LogP contribution >= 0.6 is 0 Å². The van der Waals surface area contributed by atoms with Crippen molar-refractivity contribution in [3.63, 3.8) is 0 Å². The fraction of sp³-hybridized carbons (Fsp3) is 0.667. The zero-order chi connectivity index (χ0) is 12.4. The van der Waals surface area contributed by atoms with Crippen molar-refractivity contribution >= 4 is 11.9 Å². The molecule has 9 heteroatoms. The summed E-state index contributed by atoms with van der Waals surface area (Å²) in [4.78, 5) is 20.5. The molecule has 4 nitrogen and oxygen atoms in total. The van der Waals surface area contributed by atoms with E-state index in [1.165, 1.54) is 0 Å². The Morgan fingerprint density at radius 1 is 1.27 bits per heavy atom. The lowest BCUT2D eigenvalue weighted by atomic mass is 10.0. The van der Waals surface area contributed by atoms with Crippen molar-refractivity contribution in [3.05, 3.63) is 0 Å². The van der Waals surface area contributed by atoms with Crippen LogP contribution in [0.2, 0.25) is 0 Å². The van der Waals surface area contributed by atoms with Gasteiger partial charge in [-0.3, -0.25) is 4.79 Å². The summed E-state index contributed by atoms with van der Waals surface area (Å²) in [6.07, 6.45) is -9.08. The molecule has 15 heavy (non-hydrogen) atoms. The molecule has 88 valence electrons. The van der Waals surface area contributed by atoms with Crippen LogP contribution < -0.4 is 5.32 Å². The first kappa shape index (κ1) is 13.6. The van der Waals surface area contributed by atoms with Gasteiger partial charge in [0.25, 0.3) is 6.43 Å². The summed E-state index contributed by atoms with van der Waals surface area (Å²) in [6, 6.07) is 0. The fourth-order valence-electron chi connectivity index (χ4n) is 0.508. The third-order valence-electron chi connectivity index (χ3n) is 1.51. The van der Waals surface area contributed by atoms with Crippen molar-refractivity contribution in [3.8, 4) is 0 Å². The number of amides is 1. The number of halogens is 5. The molecule has 0 aromatic heterocycles. The summed E-state index contributed by atoms with van der Waals surface area (Å²) < 4.78 is 59.2. The molecule has 0 aromatic rings. The van der Waals surface area contributed by atoms with Crippen LogP contribution in [0.4, 0.5) is 22.0 Å². The molecule has 0 fully saturated rings. The summed E-state index contributed by atoms with van der Waals surface area (Å²) >= 11 is 0. The van der Waals surface area contributed by atoms with Crippen LogP contribution in [0.5, 0.6) is 0 Å². The predicted molar refractivity (Wildman–Crippen MR) is 36.2 cm³/mol. The maximum absolute atomic E-state index is 12.1. The minimum atomic E-state index is -5.41. The SMILES string of the molecule is CC(NC(=O)C(F)(F)F)(C(=O)O)C(F)F. The molecule has 1 amide bonds. The van der Waals surface area contributed by atoms with E-state index in [0.717, 1.165) is 5.32 Å². The number of rotatable bonds is 3. The Hall–Kier alpha value is -1.41. The topological polar surface area (TPSA) is 66.4 Å². The Morgan fingerprint density at radius 2 is 1.67 bits per heavy atom. The number of hydrogen-bond donors (Lipinski definition) is 2. The molecule has 0 bridgehead atoms. The Labute approximate surface area is 80.1 Å². The standard InChI is InChI=1S/C6H6F5NO3/c1-5(2(7)8,4(14)15)12-3(13)6(9,10)11/h2H,1H3,(H,12,13)(H,14,15). The van der Waals surface area contributed by atoms with Crippen LogP contribution in [-0.4, -0.2) is 35.1 Å². The van der Waals surface area contributed by atoms with E-state index in [0.29, 0.717) is 0 Å². The van der Waals surface area contributed by atoms with E-state index in [9.17, 15) is 31.5 Å². The van der Waals surface area contributed by atoms with Crippen molar-refractivity contribution in [2.24, 2.45) is 0 Å². The fourth-order valence-corrected chi connectivity index (χ4v) is 0.508. The number of aliphatic carboxylic acids is 1. The number of carboxylic acid groups (broad SMARTS) is 1. The lowest BCUT2D eigenvalue weighted by molar-refractivity contribution is -0.180. The third kappa shape index (κ3) is 3.03. The Morgan fingerprint density at radius 3 is 1.87 bits per heavy atom. The van der Waals surface area contributed by atoms with Gasteiger partial charge >= 0.3 is 18.1 Å². The van der Waals surface area contributed by atoms with Gasteiger partial charge in [0, 0.05) is 0 Å². The van der Waals surface area contributed by atoms with Crippen molar-refractivity contribution in [2.45, 2.75) is 25.1 Å². The smallest absolute Gasteiger partial charge is 0.471 e. The van der Waals surface area contributed by atoms with Crippen molar-refractivity contribution < 1.29 is 36.6 Å². The molecule has 0 aliphatic heterocycles. The maximum Gasteiger partial charge on any atom is 0.471 e. The van der Waals surface area contributed by atoms with Gasteiger partial charge < -0.3 is 10.4 Å². The number of alkyl halides is 5. The van der Waals surface area contributed by atoms with E-state index >= 15 is 0 Å². The highest BCUT2D eigenvalue weighted by atomic mass is 19.4. The molecule has 0 aliphatic carbocycles. The maximum atomic E-state index is 12.1. The first-order chi connectivity index (χ1) is 6.51. The molecular weight excluding hydrogens is 229 g/mol. The van der Waals surface area contributed by atoms with Crippen molar-refractivity contribution in [2.75, 3.05) is 0 Å². The predicted octanol–water partition coefficient (Wildman–Crippen LogP) is 0.773. The van der Waals surface area contributed by atoms with E-state index in [-0.39, 0.29) is 6.92 Å². The van der Waals surface area contributed by atoms with E-state index in [1.54, 1.807) is 0 Å². The van der Waals surface area contributed by atoms with Gasteiger partial charge in [0.15, 0.2) is 5.54 Å². The second-order valence-electron chi connectivity index (χ2n) is 2.76. The van der Waals surface area contributed by atoms with Crippen LogP contribution in [0.25, 0.3) is 0 Å². The Balaban J connectivity index is 4.88. The third-order valence-corrected chi connectivity index (χ3v) is 1.51. The molecular formula is C6H6F5NO3. The summed E-state index contributed by atoms with van der Waals surface area (Å²) in [5.74, 6) is -4.98. The second-order valence-corrected chi connectivity index (χ2v) is 2.76. The molecule has 0 heterocycles. The molecule has 0 spiro atoms. The van der Waals surface area contributed by atoms with E-state index < -0.39 is 30.0 Å². The summed E-state index contributed by atoms with van der Waals surface area (Å²) in [5.41, 5.74) is -3.26. The monoisotopic (exact) mass is 235 g/mol. The van der Waals surface area contributed by atoms with Crippen LogP contribution in [0.15, 0.2) is 0 Å². The van der Waals surface area contributed by atoms with E-state index in [4.69, 9.17) is 5.11 Å². The van der Waals surface area contributed by atoms with Gasteiger partial charge in [-0.25, -0.2) is 13.6 Å². The molecule has 0 radical (unpaired) electrons. The number of carboxylic acids is 1. The molecule has 0 rings (SSSR count). The van der Waals surface area contributed by atoms with E-state index in [2.05, 4.69) is 0 Å². The van der Waals surface area contributed by atoms with Gasteiger partial charge in [-0.15, -0.1) is 0 Å². The van der Waals surface area contributed by atoms with Crippen LogP contribution in [-0.2, 0) is 9.59 Å². The summed E-state index contributed by atoms with van der Waals surface area (Å²) in [7, 11) is 0. The van der Waals surface area contributed by atoms with Crippen LogP contribution in [0, 0.1) is 0 Å². The highest BCUT2D eigenvalue weighted by Gasteiger charge is 2.50. The first-order valence-electron chi connectivity index (χ1n) is 3.42. The molecule has 0 aliphatic rings. The second kappa shape index (κ2) is 3.99.